The summed E-state index contributed by atoms with van der Waals surface area (Å²) in [5.74, 6) is 3.32. The first kappa shape index (κ1) is 13.2. The number of hydrogen-bond acceptors (Lipinski definition) is 6. The van der Waals surface area contributed by atoms with E-state index in [2.05, 4.69) is 30.2 Å². The van der Waals surface area contributed by atoms with Crippen molar-refractivity contribution in [3.8, 4) is 0 Å². The van der Waals surface area contributed by atoms with Crippen LogP contribution in [0.2, 0.25) is 0 Å². The first-order valence-electron chi connectivity index (χ1n) is 6.19. The van der Waals surface area contributed by atoms with Gasteiger partial charge in [0.25, 0.3) is 0 Å². The van der Waals surface area contributed by atoms with Crippen molar-refractivity contribution in [1.82, 2.24) is 19.9 Å². The molecule has 0 amide bonds. The minimum atomic E-state index is 0.768. The lowest BCUT2D eigenvalue weighted by Gasteiger charge is -2.18. The fraction of sp³-hybridized carbons (Fsp3) is 0.385. The van der Waals surface area contributed by atoms with Gasteiger partial charge in [-0.25, -0.2) is 19.9 Å². The molecule has 0 bridgehead atoms. The van der Waals surface area contributed by atoms with Crippen LogP contribution in [-0.2, 0) is 0 Å². The van der Waals surface area contributed by atoms with E-state index >= 15 is 0 Å². The minimum Gasteiger partial charge on any atom is -0.368 e. The largest absolute Gasteiger partial charge is 0.368 e. The summed E-state index contributed by atoms with van der Waals surface area (Å²) < 4.78 is 0. The predicted octanol–water partition coefficient (Wildman–Crippen LogP) is 1.43. The van der Waals surface area contributed by atoms with Gasteiger partial charge in [0, 0.05) is 32.5 Å². The predicted molar refractivity (Wildman–Crippen MR) is 75.3 cm³/mol. The Labute approximate surface area is 113 Å². The minimum absolute atomic E-state index is 0.768. The van der Waals surface area contributed by atoms with Crippen LogP contribution in [0.15, 0.2) is 24.5 Å². The van der Waals surface area contributed by atoms with E-state index in [9.17, 15) is 0 Å². The van der Waals surface area contributed by atoms with E-state index in [1.807, 2.05) is 33.0 Å². The molecule has 19 heavy (non-hydrogen) atoms. The van der Waals surface area contributed by atoms with Gasteiger partial charge in [0.2, 0.25) is 0 Å². The van der Waals surface area contributed by atoms with Crippen LogP contribution in [0.5, 0.6) is 0 Å². The fourth-order valence-corrected chi connectivity index (χ4v) is 1.68. The lowest BCUT2D eigenvalue weighted by Crippen LogP contribution is -2.26. The molecule has 2 rings (SSSR count). The molecule has 2 aromatic heterocycles. The van der Waals surface area contributed by atoms with Crippen molar-refractivity contribution in [2.45, 2.75) is 13.8 Å². The van der Waals surface area contributed by atoms with Gasteiger partial charge in [0.05, 0.1) is 0 Å². The number of likely N-dealkylation sites (N-methyl/N-ethyl adjacent to an activating group) is 1. The van der Waals surface area contributed by atoms with Crippen LogP contribution in [0.1, 0.15) is 11.6 Å². The maximum Gasteiger partial charge on any atom is 0.132 e. The molecule has 6 nitrogen and oxygen atoms in total. The molecule has 1 N–H and O–H groups in total. The summed E-state index contributed by atoms with van der Waals surface area (Å²) >= 11 is 0. The maximum absolute atomic E-state index is 4.37. The second kappa shape index (κ2) is 6.08. The molecule has 6 heteroatoms. The van der Waals surface area contributed by atoms with Gasteiger partial charge in [-0.05, 0) is 26.0 Å². The van der Waals surface area contributed by atoms with Gasteiger partial charge in [0.15, 0.2) is 0 Å². The molecule has 0 fully saturated rings. The molecule has 0 unspecified atom stereocenters. The zero-order valence-electron chi connectivity index (χ0n) is 11.5. The van der Waals surface area contributed by atoms with E-state index in [1.165, 1.54) is 0 Å². The van der Waals surface area contributed by atoms with Gasteiger partial charge in [0.1, 0.15) is 23.3 Å². The van der Waals surface area contributed by atoms with Crippen LogP contribution in [0.25, 0.3) is 0 Å². The summed E-state index contributed by atoms with van der Waals surface area (Å²) in [6, 6.07) is 3.77. The average molecular weight is 258 g/mol. The Bertz CT molecular complexity index is 542. The average Bonchev–Trinajstić information content (AvgIpc) is 2.38. The van der Waals surface area contributed by atoms with Crippen molar-refractivity contribution in [3.63, 3.8) is 0 Å². The third-order valence-electron chi connectivity index (χ3n) is 2.68. The maximum atomic E-state index is 4.37. The summed E-state index contributed by atoms with van der Waals surface area (Å²) in [6.45, 7) is 5.38. The third kappa shape index (κ3) is 3.87. The summed E-state index contributed by atoms with van der Waals surface area (Å²) in [6.07, 6.45) is 3.53. The SMILES string of the molecule is Cc1nccc(NCCN(C)c2ccnc(C)n2)n1. The molecule has 0 aromatic carbocycles. The number of nitrogens with zero attached hydrogens (tertiary/aromatic N) is 5. The first-order chi connectivity index (χ1) is 9.15. The zero-order valence-corrected chi connectivity index (χ0v) is 11.5. The third-order valence-corrected chi connectivity index (χ3v) is 2.68. The second-order valence-corrected chi connectivity index (χ2v) is 4.30. The number of aryl methyl sites for hydroxylation is 2. The molecule has 0 radical (unpaired) electrons. The van der Waals surface area contributed by atoms with Crippen molar-refractivity contribution >= 4 is 11.6 Å². The highest BCUT2D eigenvalue weighted by atomic mass is 15.2. The smallest absolute Gasteiger partial charge is 0.132 e. The highest BCUT2D eigenvalue weighted by Gasteiger charge is 2.02. The van der Waals surface area contributed by atoms with Crippen LogP contribution in [0.4, 0.5) is 11.6 Å². The highest BCUT2D eigenvalue weighted by molar-refractivity contribution is 5.37. The highest BCUT2D eigenvalue weighted by Crippen LogP contribution is 2.07. The molecule has 0 aliphatic rings. The molecule has 100 valence electrons. The molecule has 0 aliphatic carbocycles. The van der Waals surface area contributed by atoms with Crippen molar-refractivity contribution in [1.29, 1.82) is 0 Å². The molecule has 0 atom stereocenters. The molecule has 0 spiro atoms. The Hall–Kier alpha value is -2.24. The molecule has 0 saturated carbocycles. The Morgan fingerprint density at radius 1 is 1.05 bits per heavy atom. The van der Waals surface area contributed by atoms with E-state index in [1.54, 1.807) is 12.4 Å². The topological polar surface area (TPSA) is 66.8 Å². The van der Waals surface area contributed by atoms with Crippen molar-refractivity contribution < 1.29 is 0 Å². The van der Waals surface area contributed by atoms with Crippen LogP contribution in [0.3, 0.4) is 0 Å². The number of rotatable bonds is 5. The molecule has 0 saturated heterocycles. The molecular weight excluding hydrogens is 240 g/mol. The molecule has 2 aromatic rings. The summed E-state index contributed by atoms with van der Waals surface area (Å²) in [5, 5.41) is 3.26. The van der Waals surface area contributed by atoms with E-state index in [4.69, 9.17) is 0 Å². The first-order valence-corrected chi connectivity index (χ1v) is 6.19. The van der Waals surface area contributed by atoms with Crippen LogP contribution in [-0.4, -0.2) is 40.1 Å². The summed E-state index contributed by atoms with van der Waals surface area (Å²) in [7, 11) is 2.01. The lowest BCUT2D eigenvalue weighted by atomic mass is 10.4. The molecule has 0 aliphatic heterocycles. The van der Waals surface area contributed by atoms with E-state index in [0.717, 1.165) is 36.4 Å². The van der Waals surface area contributed by atoms with Crippen molar-refractivity contribution in [3.05, 3.63) is 36.2 Å². The van der Waals surface area contributed by atoms with Crippen LogP contribution >= 0.6 is 0 Å². The standard InChI is InChI=1S/C13H18N6/c1-10-14-6-4-12(17-10)16-8-9-19(3)13-5-7-15-11(2)18-13/h4-7H,8-9H2,1-3H3,(H,14,16,17). The lowest BCUT2D eigenvalue weighted by molar-refractivity contribution is 0.872. The van der Waals surface area contributed by atoms with E-state index in [-0.39, 0.29) is 0 Å². The number of anilines is 2. The Balaban J connectivity index is 1.85. The molecular formula is C13H18N6. The number of hydrogen-bond donors (Lipinski definition) is 1. The number of nitrogens with one attached hydrogen (secondary N) is 1. The second-order valence-electron chi connectivity index (χ2n) is 4.30. The Morgan fingerprint density at radius 3 is 2.42 bits per heavy atom. The van der Waals surface area contributed by atoms with Crippen LogP contribution in [0, 0.1) is 13.8 Å². The van der Waals surface area contributed by atoms with Gasteiger partial charge in [-0.1, -0.05) is 0 Å². The normalized spacial score (nSPS) is 10.3. The quantitative estimate of drug-likeness (QED) is 0.875. The number of aromatic nitrogens is 4. The summed E-state index contributed by atoms with van der Waals surface area (Å²) in [5.41, 5.74) is 0. The fourth-order valence-electron chi connectivity index (χ4n) is 1.68. The van der Waals surface area contributed by atoms with Gasteiger partial charge in [-0.3, -0.25) is 0 Å². The van der Waals surface area contributed by atoms with Crippen LogP contribution < -0.4 is 10.2 Å². The van der Waals surface area contributed by atoms with Gasteiger partial charge in [-0.2, -0.15) is 0 Å². The van der Waals surface area contributed by atoms with Gasteiger partial charge < -0.3 is 10.2 Å². The summed E-state index contributed by atoms with van der Waals surface area (Å²) in [4.78, 5) is 18.9. The van der Waals surface area contributed by atoms with E-state index < -0.39 is 0 Å². The monoisotopic (exact) mass is 258 g/mol. The van der Waals surface area contributed by atoms with Gasteiger partial charge >= 0.3 is 0 Å². The zero-order chi connectivity index (χ0) is 13.7. The van der Waals surface area contributed by atoms with E-state index in [0.29, 0.717) is 0 Å². The Morgan fingerprint density at radius 2 is 1.74 bits per heavy atom. The Kier molecular flexibility index (Phi) is 4.22. The van der Waals surface area contributed by atoms with Gasteiger partial charge in [-0.15, -0.1) is 0 Å². The van der Waals surface area contributed by atoms with Crippen molar-refractivity contribution in [2.24, 2.45) is 0 Å². The van der Waals surface area contributed by atoms with Crippen molar-refractivity contribution in [2.75, 3.05) is 30.4 Å². The molecule has 2 heterocycles.